The van der Waals surface area contributed by atoms with Crippen LogP contribution in [0.15, 0.2) is 48.6 Å². The third kappa shape index (κ3) is 52.3. The molecule has 1 unspecified atom stereocenters. The monoisotopic (exact) mass is 925 g/mol. The quantitative estimate of drug-likeness (QED) is 0.0262. The first-order valence-corrected chi connectivity index (χ1v) is 28.6. The van der Waals surface area contributed by atoms with Gasteiger partial charge in [0.2, 0.25) is 0 Å². The lowest BCUT2D eigenvalue weighted by Gasteiger charge is -2.18. The fraction of sp³-hybridized carbons (Fsp3) is 0.817. The maximum Gasteiger partial charge on any atom is 0.306 e. The summed E-state index contributed by atoms with van der Waals surface area (Å²) in [7, 11) is 0. The van der Waals surface area contributed by atoms with Gasteiger partial charge in [0.05, 0.1) is 0 Å². The Kier molecular flexibility index (Phi) is 52.8. The third-order valence-electron chi connectivity index (χ3n) is 12.5. The fourth-order valence-electron chi connectivity index (χ4n) is 8.17. The standard InChI is InChI=1S/C60H108O6/c1-4-7-10-13-16-19-22-25-27-29-30-31-33-35-38-41-44-47-50-53-59(62)65-56-57(55-64-58(61)52-49-46-43-40-37-34-24-21-18-15-12-9-6-3)66-60(63)54-51-48-45-42-39-36-32-28-26-23-20-17-14-11-8-5-2/h16,19,21,24-25,27-28,32,57H,4-15,17-18,20,22-23,26,29-31,33-56H2,1-3H3/b19-16-,24-21-,27-25-,32-28-. The van der Waals surface area contributed by atoms with Crippen LogP contribution in [0, 0.1) is 0 Å². The first-order chi connectivity index (χ1) is 32.5. The predicted molar refractivity (Wildman–Crippen MR) is 284 cm³/mol. The summed E-state index contributed by atoms with van der Waals surface area (Å²) in [6, 6.07) is 0. The normalized spacial score (nSPS) is 12.3. The summed E-state index contributed by atoms with van der Waals surface area (Å²) in [5.74, 6) is -0.889. The SMILES string of the molecule is CCCCC/C=C\C/C=C\CCCCCCCCCCCC(=O)OCC(COC(=O)CCCCCCC/C=C\CCCCCC)OC(=O)CCCCCCC/C=C\CCCCCCCCC. The third-order valence-corrected chi connectivity index (χ3v) is 12.5. The molecule has 0 aliphatic rings. The summed E-state index contributed by atoms with van der Waals surface area (Å²) in [6.07, 6.45) is 66.7. The Balaban J connectivity index is 4.36. The van der Waals surface area contributed by atoms with Gasteiger partial charge in [-0.15, -0.1) is 0 Å². The Morgan fingerprint density at radius 2 is 0.545 bits per heavy atom. The van der Waals surface area contributed by atoms with Crippen molar-refractivity contribution in [2.24, 2.45) is 0 Å². The average molecular weight is 926 g/mol. The van der Waals surface area contributed by atoms with E-state index in [0.29, 0.717) is 19.3 Å². The summed E-state index contributed by atoms with van der Waals surface area (Å²) < 4.78 is 16.8. The topological polar surface area (TPSA) is 78.9 Å². The van der Waals surface area contributed by atoms with E-state index in [1.165, 1.54) is 173 Å². The van der Waals surface area contributed by atoms with Gasteiger partial charge >= 0.3 is 17.9 Å². The molecule has 0 fully saturated rings. The van der Waals surface area contributed by atoms with E-state index < -0.39 is 6.10 Å². The highest BCUT2D eigenvalue weighted by atomic mass is 16.6. The largest absolute Gasteiger partial charge is 0.462 e. The van der Waals surface area contributed by atoms with E-state index >= 15 is 0 Å². The van der Waals surface area contributed by atoms with Gasteiger partial charge in [-0.3, -0.25) is 14.4 Å². The van der Waals surface area contributed by atoms with Crippen LogP contribution in [0.3, 0.4) is 0 Å². The molecule has 0 saturated carbocycles. The highest BCUT2D eigenvalue weighted by Crippen LogP contribution is 2.15. The molecule has 0 spiro atoms. The van der Waals surface area contributed by atoms with E-state index in [0.717, 1.165) is 83.5 Å². The summed E-state index contributed by atoms with van der Waals surface area (Å²) in [4.78, 5) is 38.1. The Morgan fingerprint density at radius 1 is 0.303 bits per heavy atom. The van der Waals surface area contributed by atoms with Crippen molar-refractivity contribution in [3.05, 3.63) is 48.6 Å². The van der Waals surface area contributed by atoms with Crippen LogP contribution in [0.1, 0.15) is 297 Å². The molecule has 0 aromatic carbocycles. The molecule has 0 saturated heterocycles. The van der Waals surface area contributed by atoms with Crippen LogP contribution >= 0.6 is 0 Å². The second-order valence-electron chi connectivity index (χ2n) is 19.2. The van der Waals surface area contributed by atoms with Crippen molar-refractivity contribution in [2.75, 3.05) is 13.2 Å². The number of allylic oxidation sites excluding steroid dienone is 8. The van der Waals surface area contributed by atoms with Crippen LogP contribution in [0.25, 0.3) is 0 Å². The molecule has 66 heavy (non-hydrogen) atoms. The number of carbonyl (C=O) groups is 3. The zero-order chi connectivity index (χ0) is 47.9. The van der Waals surface area contributed by atoms with E-state index in [1.54, 1.807) is 0 Å². The lowest BCUT2D eigenvalue weighted by atomic mass is 10.1. The molecule has 384 valence electrons. The average Bonchev–Trinajstić information content (AvgIpc) is 3.31. The van der Waals surface area contributed by atoms with Crippen molar-refractivity contribution in [3.63, 3.8) is 0 Å². The number of rotatable bonds is 52. The van der Waals surface area contributed by atoms with Crippen LogP contribution in [0.4, 0.5) is 0 Å². The highest BCUT2D eigenvalue weighted by molar-refractivity contribution is 5.71. The number of carbonyl (C=O) groups excluding carboxylic acids is 3. The molecule has 1 atom stereocenters. The number of ether oxygens (including phenoxy) is 3. The van der Waals surface area contributed by atoms with E-state index in [4.69, 9.17) is 14.2 Å². The van der Waals surface area contributed by atoms with Crippen LogP contribution in [-0.2, 0) is 28.6 Å². The smallest absolute Gasteiger partial charge is 0.306 e. The summed E-state index contributed by atoms with van der Waals surface area (Å²) in [5, 5.41) is 0. The van der Waals surface area contributed by atoms with Gasteiger partial charge in [-0.25, -0.2) is 0 Å². The molecule has 0 aromatic rings. The molecule has 0 rings (SSSR count). The van der Waals surface area contributed by atoms with Gasteiger partial charge in [-0.1, -0.05) is 223 Å². The Hall–Kier alpha value is -2.63. The van der Waals surface area contributed by atoms with Gasteiger partial charge in [0.15, 0.2) is 6.10 Å². The first kappa shape index (κ1) is 63.4. The minimum Gasteiger partial charge on any atom is -0.462 e. The maximum atomic E-state index is 12.8. The summed E-state index contributed by atoms with van der Waals surface area (Å²) >= 11 is 0. The van der Waals surface area contributed by atoms with Crippen LogP contribution < -0.4 is 0 Å². The minimum atomic E-state index is -0.781. The number of esters is 3. The molecule has 0 aliphatic heterocycles. The fourth-order valence-corrected chi connectivity index (χ4v) is 8.17. The van der Waals surface area contributed by atoms with Gasteiger partial charge in [-0.05, 0) is 103 Å². The molecular weight excluding hydrogens is 817 g/mol. The second kappa shape index (κ2) is 55.0. The molecule has 0 aromatic heterocycles. The first-order valence-electron chi connectivity index (χ1n) is 28.6. The van der Waals surface area contributed by atoms with Crippen LogP contribution in [0.2, 0.25) is 0 Å². The van der Waals surface area contributed by atoms with Crippen molar-refractivity contribution in [1.29, 1.82) is 0 Å². The van der Waals surface area contributed by atoms with Gasteiger partial charge in [0, 0.05) is 19.3 Å². The van der Waals surface area contributed by atoms with Gasteiger partial charge in [0.25, 0.3) is 0 Å². The number of hydrogen-bond donors (Lipinski definition) is 0. The molecule has 0 bridgehead atoms. The van der Waals surface area contributed by atoms with Crippen molar-refractivity contribution >= 4 is 17.9 Å². The van der Waals surface area contributed by atoms with E-state index in [2.05, 4.69) is 69.4 Å². The van der Waals surface area contributed by atoms with Gasteiger partial charge in [0.1, 0.15) is 13.2 Å². The zero-order valence-electron chi connectivity index (χ0n) is 44.0. The molecule has 0 amide bonds. The Bertz CT molecular complexity index is 1150. The molecule has 0 radical (unpaired) electrons. The van der Waals surface area contributed by atoms with Gasteiger partial charge in [-0.2, -0.15) is 0 Å². The van der Waals surface area contributed by atoms with Gasteiger partial charge < -0.3 is 14.2 Å². The Labute approximate surface area is 409 Å². The molecule has 6 heteroatoms. The zero-order valence-corrected chi connectivity index (χ0v) is 44.0. The number of unbranched alkanes of at least 4 members (excludes halogenated alkanes) is 33. The van der Waals surface area contributed by atoms with Crippen LogP contribution in [0.5, 0.6) is 0 Å². The Morgan fingerprint density at radius 3 is 0.894 bits per heavy atom. The van der Waals surface area contributed by atoms with Crippen molar-refractivity contribution in [1.82, 2.24) is 0 Å². The molecule has 6 nitrogen and oxygen atoms in total. The second-order valence-corrected chi connectivity index (χ2v) is 19.2. The van der Waals surface area contributed by atoms with Crippen molar-refractivity contribution in [2.45, 2.75) is 303 Å². The lowest BCUT2D eigenvalue weighted by Crippen LogP contribution is -2.30. The highest BCUT2D eigenvalue weighted by Gasteiger charge is 2.19. The lowest BCUT2D eigenvalue weighted by molar-refractivity contribution is -0.167. The predicted octanol–water partition coefficient (Wildman–Crippen LogP) is 19.0. The minimum absolute atomic E-state index is 0.0799. The maximum absolute atomic E-state index is 12.8. The molecular formula is C60H108O6. The van der Waals surface area contributed by atoms with E-state index in [9.17, 15) is 14.4 Å². The van der Waals surface area contributed by atoms with Crippen molar-refractivity contribution in [3.8, 4) is 0 Å². The summed E-state index contributed by atoms with van der Waals surface area (Å²) in [5.41, 5.74) is 0. The van der Waals surface area contributed by atoms with Crippen LogP contribution in [-0.4, -0.2) is 37.2 Å². The summed E-state index contributed by atoms with van der Waals surface area (Å²) in [6.45, 7) is 6.61. The molecule has 0 aliphatic carbocycles. The number of hydrogen-bond acceptors (Lipinski definition) is 6. The molecule has 0 heterocycles. The molecule has 0 N–H and O–H groups in total. The van der Waals surface area contributed by atoms with Crippen molar-refractivity contribution < 1.29 is 28.6 Å². The van der Waals surface area contributed by atoms with E-state index in [1.807, 2.05) is 0 Å². The van der Waals surface area contributed by atoms with E-state index in [-0.39, 0.29) is 31.1 Å².